The van der Waals surface area contributed by atoms with E-state index in [9.17, 15) is 8.42 Å². The molecule has 0 spiro atoms. The largest absolute Gasteiger partial charge is 0.497 e. The second-order valence-electron chi connectivity index (χ2n) is 8.70. The van der Waals surface area contributed by atoms with Crippen LogP contribution in [0.4, 0.5) is 0 Å². The third kappa shape index (κ3) is 4.74. The van der Waals surface area contributed by atoms with Gasteiger partial charge in [-0.15, -0.1) is 0 Å². The highest BCUT2D eigenvalue weighted by Gasteiger charge is 2.54. The van der Waals surface area contributed by atoms with Crippen molar-refractivity contribution in [2.24, 2.45) is 0 Å². The molecule has 0 aromatic heterocycles. The van der Waals surface area contributed by atoms with Crippen LogP contribution in [-0.4, -0.2) is 19.8 Å². The van der Waals surface area contributed by atoms with Crippen LogP contribution in [0.5, 0.6) is 5.75 Å². The molecule has 1 aliphatic rings. The van der Waals surface area contributed by atoms with E-state index >= 15 is 0 Å². The van der Waals surface area contributed by atoms with Crippen LogP contribution >= 0.6 is 0 Å². The number of rotatable bonds is 7. The van der Waals surface area contributed by atoms with Crippen LogP contribution in [0.3, 0.4) is 0 Å². The van der Waals surface area contributed by atoms with Gasteiger partial charge < -0.3 is 4.74 Å². The fourth-order valence-electron chi connectivity index (χ4n) is 4.31. The molecule has 0 aliphatic carbocycles. The van der Waals surface area contributed by atoms with Crippen LogP contribution in [-0.2, 0) is 21.8 Å². The first kappa shape index (κ1) is 23.7. The molecule has 5 atom stereocenters. The maximum atomic E-state index is 13.7. The second kappa shape index (κ2) is 9.90. The Morgan fingerprint density at radius 3 is 1.86 bits per heavy atom. The Balaban J connectivity index is 1.55. The van der Waals surface area contributed by atoms with Crippen molar-refractivity contribution < 1.29 is 13.2 Å². The summed E-state index contributed by atoms with van der Waals surface area (Å²) in [7, 11) is -1.07. The molecule has 5 rings (SSSR count). The monoisotopic (exact) mass is 501 g/mol. The molecule has 0 saturated carbocycles. The van der Waals surface area contributed by atoms with Gasteiger partial charge in [0.05, 0.1) is 34.9 Å². The Morgan fingerprint density at radius 2 is 1.26 bits per heavy atom. The lowest BCUT2D eigenvalue weighted by Crippen LogP contribution is -2.06. The van der Waals surface area contributed by atoms with Gasteiger partial charge in [0.15, 0.2) is 0 Å². The number of hydrogen-bond acceptors (Lipinski definition) is 3. The van der Waals surface area contributed by atoms with Gasteiger partial charge in [0.2, 0.25) is 0 Å². The predicted molar refractivity (Wildman–Crippen MR) is 140 cm³/mol. The van der Waals surface area contributed by atoms with Crippen LogP contribution in [0.25, 0.3) is 0 Å². The van der Waals surface area contributed by atoms with E-state index < -0.39 is 21.8 Å². The highest BCUT2D eigenvalue weighted by Crippen LogP contribution is 2.58. The highest BCUT2D eigenvalue weighted by atomic mass is 32.2. The van der Waals surface area contributed by atoms with E-state index in [4.69, 9.17) is 4.74 Å². The van der Waals surface area contributed by atoms with Gasteiger partial charge in [-0.05, 0) is 67.4 Å². The van der Waals surface area contributed by atoms with Crippen LogP contribution in [0.15, 0.2) is 112 Å². The summed E-state index contributed by atoms with van der Waals surface area (Å²) in [5.74, 6) is 0.776. The zero-order valence-electron chi connectivity index (χ0n) is 19.9. The summed E-state index contributed by atoms with van der Waals surface area (Å²) in [5, 5.41) is 0. The number of benzene rings is 4. The van der Waals surface area contributed by atoms with Gasteiger partial charge in [-0.1, -0.05) is 65.7 Å². The summed E-state index contributed by atoms with van der Waals surface area (Å²) < 4.78 is 34.7. The van der Waals surface area contributed by atoms with Crippen molar-refractivity contribution in [2.75, 3.05) is 7.11 Å². The van der Waals surface area contributed by atoms with Crippen molar-refractivity contribution in [3.8, 4) is 5.75 Å². The minimum absolute atomic E-state index is 0.0980. The molecule has 1 fully saturated rings. The van der Waals surface area contributed by atoms with Gasteiger partial charge >= 0.3 is 0 Å². The molecule has 1 heterocycles. The van der Waals surface area contributed by atoms with Crippen molar-refractivity contribution in [3.63, 3.8) is 0 Å². The van der Waals surface area contributed by atoms with E-state index in [1.54, 1.807) is 7.11 Å². The number of methoxy groups -OCH3 is 1. The molecule has 35 heavy (non-hydrogen) atoms. The Morgan fingerprint density at radius 1 is 0.686 bits per heavy atom. The Bertz CT molecular complexity index is 1380. The standard InChI is InChI=1S/C29H27NO3S2/c1-20-8-16-24(17-9-20)34(31)27-7-5-4-6-26(27)29-28(22-12-14-23(33-3)15-13-22)30(29)35(32)25-18-10-21(2)11-19-25/h4-19,28-29H,1-3H3/t28-,29-,30?,34-,35+/m0/s1. The van der Waals surface area contributed by atoms with Crippen LogP contribution in [0.2, 0.25) is 0 Å². The normalized spacial score (nSPS) is 20.7. The van der Waals surface area contributed by atoms with Crippen LogP contribution < -0.4 is 4.74 Å². The maximum Gasteiger partial charge on any atom is 0.128 e. The summed E-state index contributed by atoms with van der Waals surface area (Å²) in [6.07, 6.45) is 0. The first-order valence-electron chi connectivity index (χ1n) is 11.5. The minimum Gasteiger partial charge on any atom is -0.497 e. The molecule has 0 amide bonds. The molecule has 1 saturated heterocycles. The van der Waals surface area contributed by atoms with E-state index in [1.807, 2.05) is 115 Å². The predicted octanol–water partition coefficient (Wildman–Crippen LogP) is 6.30. The zero-order valence-corrected chi connectivity index (χ0v) is 21.5. The van der Waals surface area contributed by atoms with E-state index in [2.05, 4.69) is 0 Å². The lowest BCUT2D eigenvalue weighted by Gasteiger charge is -2.10. The Hall–Kier alpha value is -3.06. The van der Waals surface area contributed by atoms with Gasteiger partial charge in [0.1, 0.15) is 16.7 Å². The molecule has 1 aliphatic heterocycles. The molecule has 4 aromatic carbocycles. The van der Waals surface area contributed by atoms with E-state index in [0.29, 0.717) is 0 Å². The quantitative estimate of drug-likeness (QED) is 0.279. The molecule has 1 unspecified atom stereocenters. The average molecular weight is 502 g/mol. The third-order valence-corrected chi connectivity index (χ3v) is 9.29. The molecule has 6 heteroatoms. The van der Waals surface area contributed by atoms with Crippen molar-refractivity contribution in [1.82, 2.24) is 4.31 Å². The highest BCUT2D eigenvalue weighted by molar-refractivity contribution is 7.85. The molecule has 0 radical (unpaired) electrons. The molecule has 4 aromatic rings. The number of aryl methyl sites for hydroxylation is 2. The lowest BCUT2D eigenvalue weighted by atomic mass is 10.0. The summed E-state index contributed by atoms with van der Waals surface area (Å²) in [6, 6.07) is 31.0. The SMILES string of the molecule is COc1ccc([C@H]2[C@H](c3ccccc3[S@@](=O)c3ccc(C)cc3)N2[S@](=O)c2ccc(C)cc2)cc1. The van der Waals surface area contributed by atoms with Crippen LogP contribution in [0.1, 0.15) is 34.3 Å². The summed E-state index contributed by atoms with van der Waals surface area (Å²) in [4.78, 5) is 2.27. The molecular formula is C29H27NO3S2. The van der Waals surface area contributed by atoms with E-state index in [1.165, 1.54) is 0 Å². The second-order valence-corrected chi connectivity index (χ2v) is 11.5. The van der Waals surface area contributed by atoms with Gasteiger partial charge in [0.25, 0.3) is 0 Å². The van der Waals surface area contributed by atoms with E-state index in [0.717, 1.165) is 42.7 Å². The lowest BCUT2D eigenvalue weighted by molar-refractivity contribution is 0.414. The van der Waals surface area contributed by atoms with Gasteiger partial charge in [-0.25, -0.2) is 12.7 Å². The van der Waals surface area contributed by atoms with Crippen molar-refractivity contribution in [2.45, 2.75) is 40.6 Å². The van der Waals surface area contributed by atoms with Gasteiger partial charge in [0, 0.05) is 9.79 Å². The minimum atomic E-state index is -1.37. The first-order valence-corrected chi connectivity index (χ1v) is 13.7. The molecule has 0 N–H and O–H groups in total. The molecule has 0 bridgehead atoms. The maximum absolute atomic E-state index is 13.7. The summed E-state index contributed by atoms with van der Waals surface area (Å²) >= 11 is 0. The van der Waals surface area contributed by atoms with Crippen LogP contribution in [0, 0.1) is 13.8 Å². The van der Waals surface area contributed by atoms with Crippen molar-refractivity contribution in [1.29, 1.82) is 0 Å². The van der Waals surface area contributed by atoms with Gasteiger partial charge in [-0.3, -0.25) is 0 Å². The Labute approximate surface area is 211 Å². The van der Waals surface area contributed by atoms with Crippen molar-refractivity contribution in [3.05, 3.63) is 119 Å². The van der Waals surface area contributed by atoms with Gasteiger partial charge in [-0.2, -0.15) is 0 Å². The fourth-order valence-corrected chi connectivity index (χ4v) is 6.99. The summed E-state index contributed by atoms with van der Waals surface area (Å²) in [6.45, 7) is 4.03. The summed E-state index contributed by atoms with van der Waals surface area (Å²) in [5.41, 5.74) is 4.24. The smallest absolute Gasteiger partial charge is 0.128 e. The number of ether oxygens (including phenoxy) is 1. The molecule has 178 valence electrons. The topological polar surface area (TPSA) is 46.4 Å². The zero-order chi connectivity index (χ0) is 24.5. The number of hydrogen-bond donors (Lipinski definition) is 0. The molecular weight excluding hydrogens is 474 g/mol. The third-order valence-electron chi connectivity index (χ3n) is 6.30. The fraction of sp³-hybridized carbons (Fsp3) is 0.172. The molecule has 4 nitrogen and oxygen atoms in total. The Kier molecular flexibility index (Phi) is 6.69. The van der Waals surface area contributed by atoms with E-state index in [-0.39, 0.29) is 12.1 Å². The van der Waals surface area contributed by atoms with Crippen molar-refractivity contribution >= 4 is 21.8 Å². The average Bonchev–Trinajstić information content (AvgIpc) is 3.64. The first-order chi connectivity index (χ1) is 17.0. The number of nitrogens with zero attached hydrogens (tertiary/aromatic N) is 1.